The summed E-state index contributed by atoms with van der Waals surface area (Å²) in [6.45, 7) is 1.31. The van der Waals surface area contributed by atoms with Gasteiger partial charge in [0.15, 0.2) is 0 Å². The molecule has 142 valence electrons. The Morgan fingerprint density at radius 1 is 0.964 bits per heavy atom. The molecule has 0 spiro atoms. The minimum Gasteiger partial charge on any atom is -0.335 e. The molecule has 1 heterocycles. The molecule has 0 fully saturated rings. The number of benzene rings is 2. The Morgan fingerprint density at radius 2 is 1.68 bits per heavy atom. The highest BCUT2D eigenvalue weighted by molar-refractivity contribution is 5.93. The van der Waals surface area contributed by atoms with Crippen molar-refractivity contribution in [2.24, 2.45) is 0 Å². The van der Waals surface area contributed by atoms with E-state index in [1.165, 1.54) is 11.6 Å². The molecule has 0 aliphatic carbocycles. The van der Waals surface area contributed by atoms with E-state index in [2.05, 4.69) is 18.2 Å². The molecule has 0 saturated carbocycles. The number of hydrogen-bond acceptors (Lipinski definition) is 3. The van der Waals surface area contributed by atoms with E-state index in [1.54, 1.807) is 23.7 Å². The van der Waals surface area contributed by atoms with Gasteiger partial charge in [0.1, 0.15) is 0 Å². The zero-order valence-electron chi connectivity index (χ0n) is 15.4. The fourth-order valence-electron chi connectivity index (χ4n) is 3.04. The van der Waals surface area contributed by atoms with Crippen LogP contribution in [0.1, 0.15) is 23.1 Å². The van der Waals surface area contributed by atoms with Crippen LogP contribution in [0.15, 0.2) is 72.8 Å². The van der Waals surface area contributed by atoms with Crippen LogP contribution in [0, 0.1) is 0 Å². The van der Waals surface area contributed by atoms with Crippen LogP contribution in [0.5, 0.6) is 0 Å². The van der Waals surface area contributed by atoms with Crippen molar-refractivity contribution < 1.29 is 14.8 Å². The fraction of sp³-hybridized carbons (Fsp3) is 0.130. The van der Waals surface area contributed by atoms with Crippen LogP contribution >= 0.6 is 0 Å². The van der Waals surface area contributed by atoms with Crippen molar-refractivity contribution in [2.45, 2.75) is 6.42 Å². The standard InChI is InChI=1S/C23H22N2O3/c26-22(24-28)13-11-18-6-4-7-19(16-18)12-14-23(27)25-15-5-10-21(17-25)20-8-2-1-3-9-20/h1-4,6-14,16,28H,5,15,17H2,(H,24,26)/b13-11+,14-12+. The molecule has 2 N–H and O–H groups in total. The van der Waals surface area contributed by atoms with Crippen molar-refractivity contribution in [3.05, 3.63) is 89.5 Å². The van der Waals surface area contributed by atoms with E-state index in [4.69, 9.17) is 5.21 Å². The largest absolute Gasteiger partial charge is 0.335 e. The zero-order valence-corrected chi connectivity index (χ0v) is 15.4. The molecular weight excluding hydrogens is 352 g/mol. The maximum atomic E-state index is 12.6. The van der Waals surface area contributed by atoms with Crippen LogP contribution in [-0.2, 0) is 9.59 Å². The molecule has 0 bridgehead atoms. The molecule has 28 heavy (non-hydrogen) atoms. The first-order chi connectivity index (χ1) is 13.7. The van der Waals surface area contributed by atoms with Gasteiger partial charge in [-0.05, 0) is 46.9 Å². The summed E-state index contributed by atoms with van der Waals surface area (Å²) in [7, 11) is 0. The van der Waals surface area contributed by atoms with Gasteiger partial charge in [-0.3, -0.25) is 14.8 Å². The van der Waals surface area contributed by atoms with Gasteiger partial charge < -0.3 is 4.90 Å². The molecule has 2 aromatic carbocycles. The summed E-state index contributed by atoms with van der Waals surface area (Å²) in [5.74, 6) is -0.620. The lowest BCUT2D eigenvalue weighted by Crippen LogP contribution is -2.34. The smallest absolute Gasteiger partial charge is 0.267 e. The van der Waals surface area contributed by atoms with Crippen molar-refractivity contribution in [3.63, 3.8) is 0 Å². The SMILES string of the molecule is O=C(/C=C/c1cccc(/C=C/C(=O)N2CCC=C(c3ccccc3)C2)c1)NO. The predicted octanol–water partition coefficient (Wildman–Crippen LogP) is 3.53. The average molecular weight is 374 g/mol. The summed E-state index contributed by atoms with van der Waals surface area (Å²) in [6.07, 6.45) is 9.22. The third kappa shape index (κ3) is 5.28. The first-order valence-electron chi connectivity index (χ1n) is 9.09. The molecule has 5 nitrogen and oxygen atoms in total. The second-order valence-electron chi connectivity index (χ2n) is 6.46. The number of hydrogen-bond donors (Lipinski definition) is 2. The number of nitrogens with one attached hydrogen (secondary N) is 1. The van der Waals surface area contributed by atoms with Gasteiger partial charge in [0.2, 0.25) is 5.91 Å². The summed E-state index contributed by atoms with van der Waals surface area (Å²) in [5, 5.41) is 8.52. The van der Waals surface area contributed by atoms with E-state index < -0.39 is 5.91 Å². The molecule has 1 aliphatic rings. The van der Waals surface area contributed by atoms with Gasteiger partial charge in [0, 0.05) is 25.2 Å². The van der Waals surface area contributed by atoms with E-state index in [0.717, 1.165) is 23.1 Å². The first kappa shape index (κ1) is 19.3. The summed E-state index contributed by atoms with van der Waals surface area (Å²) in [6, 6.07) is 17.5. The highest BCUT2D eigenvalue weighted by atomic mass is 16.5. The van der Waals surface area contributed by atoms with Crippen molar-refractivity contribution in [2.75, 3.05) is 13.1 Å². The minimum absolute atomic E-state index is 0.0258. The van der Waals surface area contributed by atoms with E-state index >= 15 is 0 Å². The maximum absolute atomic E-state index is 12.6. The Hall–Kier alpha value is -3.44. The van der Waals surface area contributed by atoms with Crippen molar-refractivity contribution >= 4 is 29.5 Å². The van der Waals surface area contributed by atoms with Crippen molar-refractivity contribution in [1.29, 1.82) is 0 Å². The number of carbonyl (C=O) groups is 2. The Morgan fingerprint density at radius 3 is 2.39 bits per heavy atom. The third-order valence-corrected chi connectivity index (χ3v) is 4.47. The molecule has 0 atom stereocenters. The molecule has 0 aromatic heterocycles. The van der Waals surface area contributed by atoms with Gasteiger partial charge in [-0.25, -0.2) is 5.48 Å². The molecule has 5 heteroatoms. The van der Waals surface area contributed by atoms with E-state index in [-0.39, 0.29) is 5.91 Å². The molecule has 0 radical (unpaired) electrons. The van der Waals surface area contributed by atoms with Gasteiger partial charge in [-0.1, -0.05) is 54.6 Å². The Balaban J connectivity index is 1.65. The topological polar surface area (TPSA) is 69.6 Å². The van der Waals surface area contributed by atoms with E-state index in [0.29, 0.717) is 13.1 Å². The lowest BCUT2D eigenvalue weighted by atomic mass is 10.0. The second-order valence-corrected chi connectivity index (χ2v) is 6.46. The number of hydroxylamine groups is 1. The molecule has 0 unspecified atom stereocenters. The molecule has 2 aromatic rings. The monoisotopic (exact) mass is 374 g/mol. The zero-order chi connectivity index (χ0) is 19.8. The molecule has 2 amide bonds. The van der Waals surface area contributed by atoms with Gasteiger partial charge >= 0.3 is 0 Å². The lowest BCUT2D eigenvalue weighted by molar-refractivity contribution is -0.125. The van der Waals surface area contributed by atoms with E-state index in [1.807, 2.05) is 47.4 Å². The number of carbonyl (C=O) groups excluding carboxylic acids is 2. The number of rotatable bonds is 5. The summed E-state index contributed by atoms with van der Waals surface area (Å²) >= 11 is 0. The summed E-state index contributed by atoms with van der Waals surface area (Å²) in [4.78, 5) is 25.5. The van der Waals surface area contributed by atoms with E-state index in [9.17, 15) is 9.59 Å². The molecular formula is C23H22N2O3. The summed E-state index contributed by atoms with van der Waals surface area (Å²) < 4.78 is 0. The molecule has 3 rings (SSSR count). The first-order valence-corrected chi connectivity index (χ1v) is 9.09. The highest BCUT2D eigenvalue weighted by Crippen LogP contribution is 2.21. The second kappa shape index (κ2) is 9.48. The average Bonchev–Trinajstić information content (AvgIpc) is 2.76. The molecule has 0 saturated heterocycles. The van der Waals surface area contributed by atoms with Crippen LogP contribution in [0.3, 0.4) is 0 Å². The fourth-order valence-corrected chi connectivity index (χ4v) is 3.04. The normalized spacial score (nSPS) is 14.3. The van der Waals surface area contributed by atoms with Crippen LogP contribution in [0.2, 0.25) is 0 Å². The number of nitrogens with zero attached hydrogens (tertiary/aromatic N) is 1. The van der Waals surface area contributed by atoms with Crippen LogP contribution in [-0.4, -0.2) is 35.0 Å². The van der Waals surface area contributed by atoms with Crippen molar-refractivity contribution in [1.82, 2.24) is 10.4 Å². The highest BCUT2D eigenvalue weighted by Gasteiger charge is 2.17. The quantitative estimate of drug-likeness (QED) is 0.478. The van der Waals surface area contributed by atoms with Crippen LogP contribution < -0.4 is 5.48 Å². The maximum Gasteiger partial charge on any atom is 0.267 e. The number of amides is 2. The van der Waals surface area contributed by atoms with Crippen molar-refractivity contribution in [3.8, 4) is 0 Å². The Kier molecular flexibility index (Phi) is 6.54. The minimum atomic E-state index is -0.594. The van der Waals surface area contributed by atoms with Crippen LogP contribution in [0.25, 0.3) is 17.7 Å². The van der Waals surface area contributed by atoms with Gasteiger partial charge in [-0.15, -0.1) is 0 Å². The lowest BCUT2D eigenvalue weighted by Gasteiger charge is -2.26. The van der Waals surface area contributed by atoms with Gasteiger partial charge in [-0.2, -0.15) is 0 Å². The third-order valence-electron chi connectivity index (χ3n) is 4.47. The Labute approximate surface area is 164 Å². The van der Waals surface area contributed by atoms with Crippen LogP contribution in [0.4, 0.5) is 0 Å². The molecule has 1 aliphatic heterocycles. The van der Waals surface area contributed by atoms with Gasteiger partial charge in [0.25, 0.3) is 5.91 Å². The Bertz CT molecular complexity index is 930. The summed E-state index contributed by atoms with van der Waals surface area (Å²) in [5.41, 5.74) is 5.52. The van der Waals surface area contributed by atoms with Gasteiger partial charge in [0.05, 0.1) is 0 Å². The predicted molar refractivity (Wildman–Crippen MR) is 110 cm³/mol.